The lowest BCUT2D eigenvalue weighted by atomic mass is 10.0. The van der Waals surface area contributed by atoms with Crippen LogP contribution in [-0.2, 0) is 0 Å². The van der Waals surface area contributed by atoms with Gasteiger partial charge in [0.05, 0.1) is 5.02 Å². The van der Waals surface area contributed by atoms with Gasteiger partial charge in [-0.1, -0.05) is 35.3 Å². The molecule has 0 radical (unpaired) electrons. The molecule has 4 heteroatoms. The monoisotopic (exact) mass is 279 g/mol. The number of ketones is 1. The van der Waals surface area contributed by atoms with Crippen molar-refractivity contribution in [2.45, 2.75) is 6.92 Å². The topological polar surface area (TPSA) is 43.1 Å². The Labute approximate surface area is 115 Å². The van der Waals surface area contributed by atoms with Gasteiger partial charge in [-0.3, -0.25) is 4.79 Å². The van der Waals surface area contributed by atoms with Gasteiger partial charge in [0.1, 0.15) is 0 Å². The van der Waals surface area contributed by atoms with Gasteiger partial charge >= 0.3 is 0 Å². The van der Waals surface area contributed by atoms with Gasteiger partial charge in [-0.15, -0.1) is 0 Å². The van der Waals surface area contributed by atoms with E-state index in [9.17, 15) is 4.79 Å². The SMILES string of the molecule is Cc1ccc(C(=O)c2ccc(N)cc2Cl)cc1Cl. The van der Waals surface area contributed by atoms with Crippen LogP contribution in [0.5, 0.6) is 0 Å². The van der Waals surface area contributed by atoms with Crippen LogP contribution in [0.1, 0.15) is 21.5 Å². The van der Waals surface area contributed by atoms with Crippen molar-refractivity contribution < 1.29 is 4.79 Å². The van der Waals surface area contributed by atoms with Gasteiger partial charge in [-0.05, 0) is 36.8 Å². The van der Waals surface area contributed by atoms with Gasteiger partial charge in [0.15, 0.2) is 5.78 Å². The van der Waals surface area contributed by atoms with Crippen molar-refractivity contribution in [3.8, 4) is 0 Å². The van der Waals surface area contributed by atoms with Crippen LogP contribution in [0.25, 0.3) is 0 Å². The van der Waals surface area contributed by atoms with Gasteiger partial charge < -0.3 is 5.73 Å². The number of benzene rings is 2. The minimum absolute atomic E-state index is 0.165. The number of carbonyl (C=O) groups excluding carboxylic acids is 1. The third-order valence-electron chi connectivity index (χ3n) is 2.67. The van der Waals surface area contributed by atoms with Gasteiger partial charge in [-0.2, -0.15) is 0 Å². The Morgan fingerprint density at radius 3 is 2.39 bits per heavy atom. The fourth-order valence-corrected chi connectivity index (χ4v) is 2.06. The van der Waals surface area contributed by atoms with Crippen LogP contribution >= 0.6 is 23.2 Å². The largest absolute Gasteiger partial charge is 0.399 e. The summed E-state index contributed by atoms with van der Waals surface area (Å²) in [7, 11) is 0. The Morgan fingerprint density at radius 2 is 1.78 bits per heavy atom. The van der Waals surface area contributed by atoms with Crippen LogP contribution in [-0.4, -0.2) is 5.78 Å². The Morgan fingerprint density at radius 1 is 1.06 bits per heavy atom. The van der Waals surface area contributed by atoms with Crippen molar-refractivity contribution in [1.82, 2.24) is 0 Å². The zero-order valence-corrected chi connectivity index (χ0v) is 11.2. The number of aryl methyl sites for hydroxylation is 1. The van der Waals surface area contributed by atoms with E-state index in [2.05, 4.69) is 0 Å². The average molecular weight is 280 g/mol. The molecule has 0 aromatic heterocycles. The number of nitrogen functional groups attached to an aromatic ring is 1. The van der Waals surface area contributed by atoms with Crippen molar-refractivity contribution in [3.63, 3.8) is 0 Å². The summed E-state index contributed by atoms with van der Waals surface area (Å²) in [4.78, 5) is 12.3. The molecule has 0 aliphatic heterocycles. The summed E-state index contributed by atoms with van der Waals surface area (Å²) in [6, 6.07) is 10.0. The quantitative estimate of drug-likeness (QED) is 0.664. The molecule has 0 fully saturated rings. The van der Waals surface area contributed by atoms with Gasteiger partial charge in [-0.25, -0.2) is 0 Å². The third-order valence-corrected chi connectivity index (χ3v) is 3.39. The second-order valence-electron chi connectivity index (χ2n) is 4.03. The van der Waals surface area contributed by atoms with Crippen LogP contribution in [0, 0.1) is 6.92 Å². The van der Waals surface area contributed by atoms with E-state index in [-0.39, 0.29) is 5.78 Å². The molecule has 2 aromatic rings. The van der Waals surface area contributed by atoms with Crippen LogP contribution in [0.4, 0.5) is 5.69 Å². The molecule has 0 bridgehead atoms. The van der Waals surface area contributed by atoms with E-state index in [0.29, 0.717) is 26.9 Å². The van der Waals surface area contributed by atoms with Crippen LogP contribution in [0.3, 0.4) is 0 Å². The molecule has 0 atom stereocenters. The van der Waals surface area contributed by atoms with Gasteiger partial charge in [0, 0.05) is 21.8 Å². The average Bonchev–Trinajstić information content (AvgIpc) is 2.32. The first kappa shape index (κ1) is 12.9. The molecule has 0 aliphatic carbocycles. The molecule has 0 spiro atoms. The van der Waals surface area contributed by atoms with Crippen LogP contribution in [0.15, 0.2) is 36.4 Å². The third kappa shape index (κ3) is 2.50. The minimum atomic E-state index is -0.165. The van der Waals surface area contributed by atoms with Crippen LogP contribution in [0.2, 0.25) is 10.0 Å². The van der Waals surface area contributed by atoms with Crippen molar-refractivity contribution in [1.29, 1.82) is 0 Å². The molecule has 0 unspecified atom stereocenters. The van der Waals surface area contributed by atoms with E-state index in [1.165, 1.54) is 0 Å². The predicted molar refractivity (Wildman–Crippen MR) is 75.5 cm³/mol. The zero-order valence-electron chi connectivity index (χ0n) is 9.71. The molecule has 2 nitrogen and oxygen atoms in total. The summed E-state index contributed by atoms with van der Waals surface area (Å²) in [5.41, 5.74) is 7.98. The predicted octanol–water partition coefficient (Wildman–Crippen LogP) is 4.12. The van der Waals surface area contributed by atoms with E-state index in [1.807, 2.05) is 6.92 Å². The summed E-state index contributed by atoms with van der Waals surface area (Å²) in [6.45, 7) is 1.88. The molecular formula is C14H11Cl2NO. The molecule has 0 aliphatic rings. The maximum absolute atomic E-state index is 12.3. The second kappa shape index (κ2) is 5.01. The lowest BCUT2D eigenvalue weighted by molar-refractivity contribution is 0.103. The summed E-state index contributed by atoms with van der Waals surface area (Å²) in [5, 5.41) is 0.907. The molecular weight excluding hydrogens is 269 g/mol. The molecule has 0 amide bonds. The number of anilines is 1. The summed E-state index contributed by atoms with van der Waals surface area (Å²) >= 11 is 12.0. The highest BCUT2D eigenvalue weighted by Crippen LogP contribution is 2.24. The number of carbonyl (C=O) groups is 1. The molecule has 2 aromatic carbocycles. The van der Waals surface area contributed by atoms with E-state index >= 15 is 0 Å². The first-order valence-electron chi connectivity index (χ1n) is 5.35. The maximum atomic E-state index is 12.3. The Kier molecular flexibility index (Phi) is 3.60. The van der Waals surface area contributed by atoms with E-state index in [1.54, 1.807) is 36.4 Å². The number of rotatable bonds is 2. The number of hydrogen-bond donors (Lipinski definition) is 1. The lowest BCUT2D eigenvalue weighted by Gasteiger charge is -2.06. The van der Waals surface area contributed by atoms with E-state index < -0.39 is 0 Å². The summed E-state index contributed by atoms with van der Waals surface area (Å²) in [5.74, 6) is -0.165. The van der Waals surface area contributed by atoms with Crippen molar-refractivity contribution in [3.05, 3.63) is 63.1 Å². The van der Waals surface area contributed by atoms with Crippen molar-refractivity contribution in [2.75, 3.05) is 5.73 Å². The molecule has 0 heterocycles. The van der Waals surface area contributed by atoms with Gasteiger partial charge in [0.25, 0.3) is 0 Å². The molecule has 0 saturated carbocycles. The molecule has 92 valence electrons. The first-order valence-corrected chi connectivity index (χ1v) is 6.10. The number of hydrogen-bond acceptors (Lipinski definition) is 2. The van der Waals surface area contributed by atoms with E-state index in [0.717, 1.165) is 5.56 Å². The highest BCUT2D eigenvalue weighted by Gasteiger charge is 2.13. The smallest absolute Gasteiger partial charge is 0.194 e. The minimum Gasteiger partial charge on any atom is -0.399 e. The zero-order chi connectivity index (χ0) is 13.3. The molecule has 2 N–H and O–H groups in total. The number of halogens is 2. The second-order valence-corrected chi connectivity index (χ2v) is 4.85. The summed E-state index contributed by atoms with van der Waals surface area (Å²) < 4.78 is 0. The Bertz CT molecular complexity index is 623. The van der Waals surface area contributed by atoms with E-state index in [4.69, 9.17) is 28.9 Å². The lowest BCUT2D eigenvalue weighted by Crippen LogP contribution is -2.03. The van der Waals surface area contributed by atoms with Crippen molar-refractivity contribution in [2.24, 2.45) is 0 Å². The highest BCUT2D eigenvalue weighted by molar-refractivity contribution is 6.35. The van der Waals surface area contributed by atoms with Crippen LogP contribution < -0.4 is 5.73 Å². The van der Waals surface area contributed by atoms with Gasteiger partial charge in [0.2, 0.25) is 0 Å². The Balaban J connectivity index is 2.44. The van der Waals surface area contributed by atoms with Crippen molar-refractivity contribution >= 4 is 34.7 Å². The number of nitrogens with two attached hydrogens (primary N) is 1. The first-order chi connectivity index (χ1) is 8.49. The Hall–Kier alpha value is -1.51. The fourth-order valence-electron chi connectivity index (χ4n) is 1.61. The molecule has 0 saturated heterocycles. The standard InChI is InChI=1S/C14H11Cl2NO/c1-8-2-3-9(6-12(8)15)14(18)11-5-4-10(17)7-13(11)16/h2-7H,17H2,1H3. The summed E-state index contributed by atoms with van der Waals surface area (Å²) in [6.07, 6.45) is 0. The fraction of sp³-hybridized carbons (Fsp3) is 0.0714. The normalized spacial score (nSPS) is 10.4. The highest BCUT2D eigenvalue weighted by atomic mass is 35.5. The maximum Gasteiger partial charge on any atom is 0.194 e. The molecule has 2 rings (SSSR count). The molecule has 18 heavy (non-hydrogen) atoms.